The Morgan fingerprint density at radius 1 is 1.07 bits per heavy atom. The Morgan fingerprint density at radius 2 is 1.75 bits per heavy atom. The van der Waals surface area contributed by atoms with E-state index in [1.807, 2.05) is 19.1 Å². The van der Waals surface area contributed by atoms with Gasteiger partial charge in [0.2, 0.25) is 5.78 Å². The van der Waals surface area contributed by atoms with Crippen molar-refractivity contribution in [1.29, 1.82) is 0 Å². The molecule has 28 heavy (non-hydrogen) atoms. The van der Waals surface area contributed by atoms with E-state index < -0.39 is 29.3 Å². The standard InChI is InChI=1S/C22H16FNO3S/c1-13-4-10-16(11-5-13)24-19(14-6-8-15(23)9-7-14)18(21(26)22(24)27)20(25)17-3-2-12-28-17/h2-12,19,26H,1H3. The summed E-state index contributed by atoms with van der Waals surface area (Å²) in [4.78, 5) is 27.8. The highest BCUT2D eigenvalue weighted by atomic mass is 32.1. The van der Waals surface area contributed by atoms with E-state index >= 15 is 0 Å². The topological polar surface area (TPSA) is 57.6 Å². The number of amides is 1. The zero-order chi connectivity index (χ0) is 19.8. The molecule has 4 nitrogen and oxygen atoms in total. The van der Waals surface area contributed by atoms with Crippen LogP contribution in [0.25, 0.3) is 0 Å². The third-order valence-electron chi connectivity index (χ3n) is 4.70. The van der Waals surface area contributed by atoms with Crippen molar-refractivity contribution in [2.75, 3.05) is 4.90 Å². The van der Waals surface area contributed by atoms with Crippen LogP contribution in [0.15, 0.2) is 77.4 Å². The van der Waals surface area contributed by atoms with Crippen LogP contribution < -0.4 is 4.90 Å². The zero-order valence-corrected chi connectivity index (χ0v) is 15.7. The van der Waals surface area contributed by atoms with Crippen LogP contribution in [0.5, 0.6) is 0 Å². The van der Waals surface area contributed by atoms with Crippen molar-refractivity contribution in [3.63, 3.8) is 0 Å². The van der Waals surface area contributed by atoms with Gasteiger partial charge in [-0.2, -0.15) is 0 Å². The van der Waals surface area contributed by atoms with Gasteiger partial charge in [-0.25, -0.2) is 4.39 Å². The van der Waals surface area contributed by atoms with E-state index in [-0.39, 0.29) is 5.57 Å². The zero-order valence-electron chi connectivity index (χ0n) is 14.9. The Morgan fingerprint density at radius 3 is 2.36 bits per heavy atom. The number of anilines is 1. The SMILES string of the molecule is Cc1ccc(N2C(=O)C(O)=C(C(=O)c3cccs3)C2c2ccc(F)cc2)cc1. The number of benzene rings is 2. The van der Waals surface area contributed by atoms with Gasteiger partial charge in [0.15, 0.2) is 5.76 Å². The lowest BCUT2D eigenvalue weighted by atomic mass is 9.95. The molecule has 0 radical (unpaired) electrons. The quantitative estimate of drug-likeness (QED) is 0.636. The highest BCUT2D eigenvalue weighted by Gasteiger charge is 2.44. The lowest BCUT2D eigenvalue weighted by molar-refractivity contribution is -0.117. The van der Waals surface area contributed by atoms with Crippen molar-refractivity contribution in [2.45, 2.75) is 13.0 Å². The van der Waals surface area contributed by atoms with Crippen LogP contribution in [0.3, 0.4) is 0 Å². The number of rotatable bonds is 4. The fraction of sp³-hybridized carbons (Fsp3) is 0.0909. The van der Waals surface area contributed by atoms with Crippen LogP contribution in [0.1, 0.15) is 26.8 Å². The van der Waals surface area contributed by atoms with Gasteiger partial charge in [-0.1, -0.05) is 35.9 Å². The molecule has 1 aliphatic heterocycles. The van der Waals surface area contributed by atoms with E-state index in [0.29, 0.717) is 16.1 Å². The van der Waals surface area contributed by atoms with Crippen LogP contribution in [-0.2, 0) is 4.79 Å². The summed E-state index contributed by atoms with van der Waals surface area (Å²) in [6.45, 7) is 1.93. The number of carbonyl (C=O) groups is 2. The van der Waals surface area contributed by atoms with Crippen LogP contribution in [0.2, 0.25) is 0 Å². The largest absolute Gasteiger partial charge is 0.503 e. The molecule has 1 unspecified atom stereocenters. The number of aliphatic hydroxyl groups excluding tert-OH is 1. The summed E-state index contributed by atoms with van der Waals surface area (Å²) >= 11 is 1.24. The molecule has 1 atom stereocenters. The monoisotopic (exact) mass is 393 g/mol. The van der Waals surface area contributed by atoms with Crippen LogP contribution in [0.4, 0.5) is 10.1 Å². The minimum absolute atomic E-state index is 0.000340. The molecule has 0 saturated heterocycles. The Labute approximate surface area is 165 Å². The van der Waals surface area contributed by atoms with E-state index in [0.717, 1.165) is 5.56 Å². The average molecular weight is 393 g/mol. The van der Waals surface area contributed by atoms with E-state index in [1.165, 1.54) is 40.5 Å². The van der Waals surface area contributed by atoms with Crippen molar-refractivity contribution in [1.82, 2.24) is 0 Å². The molecular formula is C22H16FNO3S. The average Bonchev–Trinajstić information content (AvgIpc) is 3.31. The molecule has 3 aromatic rings. The maximum Gasteiger partial charge on any atom is 0.294 e. The molecule has 4 rings (SSSR count). The summed E-state index contributed by atoms with van der Waals surface area (Å²) in [5.74, 6) is -2.06. The highest BCUT2D eigenvalue weighted by molar-refractivity contribution is 7.12. The lowest BCUT2D eigenvalue weighted by Gasteiger charge is -2.27. The molecule has 0 bridgehead atoms. The van der Waals surface area contributed by atoms with Crippen molar-refractivity contribution in [3.8, 4) is 0 Å². The molecule has 1 aliphatic rings. The molecule has 0 saturated carbocycles. The number of hydrogen-bond donors (Lipinski definition) is 1. The van der Waals surface area contributed by atoms with Gasteiger partial charge in [0.05, 0.1) is 16.5 Å². The second-order valence-corrected chi connectivity index (χ2v) is 7.48. The van der Waals surface area contributed by atoms with Gasteiger partial charge < -0.3 is 5.11 Å². The van der Waals surface area contributed by atoms with Crippen LogP contribution >= 0.6 is 11.3 Å². The molecular weight excluding hydrogens is 377 g/mol. The highest BCUT2D eigenvalue weighted by Crippen LogP contribution is 2.42. The van der Waals surface area contributed by atoms with E-state index in [2.05, 4.69) is 0 Å². The minimum Gasteiger partial charge on any atom is -0.503 e. The van der Waals surface area contributed by atoms with Gasteiger partial charge in [0, 0.05) is 5.69 Å². The van der Waals surface area contributed by atoms with Gasteiger partial charge in [0.25, 0.3) is 5.91 Å². The van der Waals surface area contributed by atoms with Crippen molar-refractivity contribution >= 4 is 28.7 Å². The Kier molecular flexibility index (Phi) is 4.57. The number of ketones is 1. The number of nitrogens with zero attached hydrogens (tertiary/aromatic N) is 1. The first-order valence-corrected chi connectivity index (χ1v) is 9.52. The number of hydrogen-bond acceptors (Lipinski definition) is 4. The maximum atomic E-state index is 13.5. The lowest BCUT2D eigenvalue weighted by Crippen LogP contribution is -2.31. The first-order valence-electron chi connectivity index (χ1n) is 8.64. The number of Topliss-reactive ketones (excluding diaryl/α,β-unsaturated/α-hetero) is 1. The Hall–Kier alpha value is -3.25. The number of thiophene rings is 1. The molecule has 2 aromatic carbocycles. The van der Waals surface area contributed by atoms with Crippen molar-refractivity contribution < 1.29 is 19.1 Å². The Balaban J connectivity index is 1.88. The number of aliphatic hydroxyl groups is 1. The number of aryl methyl sites for hydroxylation is 1. The third kappa shape index (κ3) is 3.01. The van der Waals surface area contributed by atoms with Gasteiger partial charge in [0.1, 0.15) is 5.82 Å². The summed E-state index contributed by atoms with van der Waals surface area (Å²) in [6.07, 6.45) is 0. The summed E-state index contributed by atoms with van der Waals surface area (Å²) in [5.41, 5.74) is 2.10. The third-order valence-corrected chi connectivity index (χ3v) is 5.56. The molecule has 1 N–H and O–H groups in total. The molecule has 0 fully saturated rings. The molecule has 140 valence electrons. The Bertz CT molecular complexity index is 1070. The molecule has 0 aliphatic carbocycles. The predicted octanol–water partition coefficient (Wildman–Crippen LogP) is 4.98. The summed E-state index contributed by atoms with van der Waals surface area (Å²) < 4.78 is 13.5. The van der Waals surface area contributed by atoms with E-state index in [9.17, 15) is 19.1 Å². The molecule has 6 heteroatoms. The maximum absolute atomic E-state index is 13.5. The van der Waals surface area contributed by atoms with Gasteiger partial charge >= 0.3 is 0 Å². The number of carbonyl (C=O) groups excluding carboxylic acids is 2. The van der Waals surface area contributed by atoms with E-state index in [1.54, 1.807) is 29.6 Å². The molecule has 0 spiro atoms. The van der Waals surface area contributed by atoms with Crippen molar-refractivity contribution in [3.05, 3.63) is 99.2 Å². The van der Waals surface area contributed by atoms with Gasteiger partial charge in [-0.05, 0) is 48.2 Å². The first kappa shape index (κ1) is 18.1. The minimum atomic E-state index is -0.842. The predicted molar refractivity (Wildman–Crippen MR) is 106 cm³/mol. The van der Waals surface area contributed by atoms with E-state index in [4.69, 9.17) is 0 Å². The van der Waals surface area contributed by atoms with Crippen molar-refractivity contribution in [2.24, 2.45) is 0 Å². The van der Waals surface area contributed by atoms with Gasteiger partial charge in [-0.3, -0.25) is 14.5 Å². The fourth-order valence-electron chi connectivity index (χ4n) is 3.31. The molecule has 1 amide bonds. The van der Waals surface area contributed by atoms with Crippen LogP contribution in [-0.4, -0.2) is 16.8 Å². The summed E-state index contributed by atoms with van der Waals surface area (Å²) in [7, 11) is 0. The molecule has 1 aromatic heterocycles. The second-order valence-electron chi connectivity index (χ2n) is 6.53. The smallest absolute Gasteiger partial charge is 0.294 e. The normalized spacial score (nSPS) is 16.7. The summed E-state index contributed by atoms with van der Waals surface area (Å²) in [5, 5.41) is 12.4. The first-order chi connectivity index (χ1) is 13.5. The fourth-order valence-corrected chi connectivity index (χ4v) is 3.99. The van der Waals surface area contributed by atoms with Crippen LogP contribution in [0, 0.1) is 12.7 Å². The van der Waals surface area contributed by atoms with Gasteiger partial charge in [-0.15, -0.1) is 11.3 Å². The summed E-state index contributed by atoms with van der Waals surface area (Å²) in [6, 6.07) is 15.3. The second kappa shape index (κ2) is 7.05. The number of halogens is 1. The molecule has 2 heterocycles.